The number of aryl methyl sites for hydroxylation is 1. The van der Waals surface area contributed by atoms with E-state index in [1.54, 1.807) is 5.30 Å². The molecule has 0 N–H and O–H groups in total. The van der Waals surface area contributed by atoms with Gasteiger partial charge < -0.3 is 0 Å². The molecule has 18 heavy (non-hydrogen) atoms. The van der Waals surface area contributed by atoms with Gasteiger partial charge in [0.1, 0.15) is 0 Å². The van der Waals surface area contributed by atoms with Gasteiger partial charge in [-0.15, -0.1) is 8.19 Å². The van der Waals surface area contributed by atoms with Gasteiger partial charge in [0.05, 0.1) is 0 Å². The average molecular weight is 260 g/mol. The molecule has 1 aromatic heterocycles. The molecule has 1 heterocycles. The monoisotopic (exact) mass is 260 g/mol. The lowest BCUT2D eigenvalue weighted by Crippen LogP contribution is -1.83. The second kappa shape index (κ2) is 7.64. The fraction of sp³-hybridized carbons (Fsp3) is 0.529. The minimum atomic E-state index is 0.941. The fourth-order valence-corrected chi connectivity index (χ4v) is 3.89. The van der Waals surface area contributed by atoms with Crippen molar-refractivity contribution >= 4 is 19.0 Å². The standard InChI is InChI=1S/C17H25P/c1-2-3-4-5-6-7-8-13-17-16-12-10-9-11-15(16)14-18-17/h9-12,14,18H,2-8,13H2,1H3. The number of rotatable bonds is 8. The Morgan fingerprint density at radius 3 is 2.44 bits per heavy atom. The third-order valence-corrected chi connectivity index (χ3v) is 5.04. The summed E-state index contributed by atoms with van der Waals surface area (Å²) >= 11 is 0. The lowest BCUT2D eigenvalue weighted by atomic mass is 10.1. The summed E-state index contributed by atoms with van der Waals surface area (Å²) in [7, 11) is 0.941. The van der Waals surface area contributed by atoms with Gasteiger partial charge in [0, 0.05) is 0 Å². The van der Waals surface area contributed by atoms with E-state index in [4.69, 9.17) is 0 Å². The average Bonchev–Trinajstić information content (AvgIpc) is 2.81. The van der Waals surface area contributed by atoms with E-state index in [9.17, 15) is 0 Å². The Bertz CT molecular complexity index is 455. The van der Waals surface area contributed by atoms with Gasteiger partial charge in [-0.2, -0.15) is 0 Å². The lowest BCUT2D eigenvalue weighted by molar-refractivity contribution is 0.591. The fourth-order valence-electron chi connectivity index (χ4n) is 2.61. The van der Waals surface area contributed by atoms with Crippen LogP contribution in [0.3, 0.4) is 0 Å². The third-order valence-electron chi connectivity index (χ3n) is 3.72. The molecule has 1 aromatic carbocycles. The molecule has 0 bridgehead atoms. The number of benzene rings is 1. The molecule has 2 aromatic rings. The summed E-state index contributed by atoms with van der Waals surface area (Å²) in [5, 5.41) is 4.69. The molecule has 0 aliphatic rings. The number of fused-ring (bicyclic) bond motifs is 1. The Kier molecular flexibility index (Phi) is 5.81. The van der Waals surface area contributed by atoms with Crippen LogP contribution in [-0.2, 0) is 6.42 Å². The SMILES string of the molecule is CCCCCCCCCc1[pH]cc2ccccc12. The van der Waals surface area contributed by atoms with Crippen molar-refractivity contribution in [2.24, 2.45) is 0 Å². The van der Waals surface area contributed by atoms with Crippen molar-refractivity contribution in [1.82, 2.24) is 0 Å². The highest BCUT2D eigenvalue weighted by Crippen LogP contribution is 2.30. The highest BCUT2D eigenvalue weighted by molar-refractivity contribution is 7.31. The topological polar surface area (TPSA) is 0 Å². The lowest BCUT2D eigenvalue weighted by Gasteiger charge is -2.01. The van der Waals surface area contributed by atoms with Gasteiger partial charge in [-0.3, -0.25) is 0 Å². The molecular formula is C17H25P. The van der Waals surface area contributed by atoms with Crippen molar-refractivity contribution < 1.29 is 0 Å². The van der Waals surface area contributed by atoms with Crippen molar-refractivity contribution in [3.63, 3.8) is 0 Å². The predicted octanol–water partition coefficient (Wildman–Crippen LogP) is 6.16. The molecule has 0 saturated heterocycles. The first kappa shape index (κ1) is 13.7. The maximum Gasteiger partial charge on any atom is -0.0112 e. The second-order valence-corrected chi connectivity index (χ2v) is 6.41. The summed E-state index contributed by atoms with van der Waals surface area (Å²) in [6.07, 6.45) is 11.2. The molecule has 0 aliphatic carbocycles. The number of hydrogen-bond acceptors (Lipinski definition) is 0. The maximum atomic E-state index is 2.41. The first-order valence-corrected chi connectivity index (χ1v) is 8.54. The molecular weight excluding hydrogens is 235 g/mol. The van der Waals surface area contributed by atoms with Crippen molar-refractivity contribution in [1.29, 1.82) is 0 Å². The van der Waals surface area contributed by atoms with E-state index in [2.05, 4.69) is 37.0 Å². The van der Waals surface area contributed by atoms with Gasteiger partial charge in [-0.25, -0.2) is 0 Å². The van der Waals surface area contributed by atoms with Crippen molar-refractivity contribution in [3.05, 3.63) is 35.4 Å². The summed E-state index contributed by atoms with van der Waals surface area (Å²) in [5.74, 6) is 2.41. The van der Waals surface area contributed by atoms with Gasteiger partial charge in [-0.05, 0) is 34.7 Å². The van der Waals surface area contributed by atoms with E-state index in [0.29, 0.717) is 0 Å². The van der Waals surface area contributed by atoms with Crippen LogP contribution in [0, 0.1) is 0 Å². The van der Waals surface area contributed by atoms with E-state index < -0.39 is 0 Å². The minimum absolute atomic E-state index is 0.941. The minimum Gasteiger partial charge on any atom is -0.135 e. The molecule has 0 amide bonds. The van der Waals surface area contributed by atoms with Crippen molar-refractivity contribution in [2.45, 2.75) is 58.3 Å². The summed E-state index contributed by atoms with van der Waals surface area (Å²) in [6.45, 7) is 2.28. The Labute approximate surface area is 113 Å². The quantitative estimate of drug-likeness (QED) is 0.498. The molecule has 1 heteroatoms. The van der Waals surface area contributed by atoms with Crippen LogP contribution in [0.25, 0.3) is 10.8 Å². The summed E-state index contributed by atoms with van der Waals surface area (Å²) in [4.78, 5) is 0. The van der Waals surface area contributed by atoms with Crippen LogP contribution in [-0.4, -0.2) is 0 Å². The Morgan fingerprint density at radius 1 is 0.889 bits per heavy atom. The Balaban J connectivity index is 1.70. The maximum absolute atomic E-state index is 2.41. The summed E-state index contributed by atoms with van der Waals surface area (Å²) in [5.41, 5.74) is 0. The molecule has 1 atom stereocenters. The van der Waals surface area contributed by atoms with Crippen LogP contribution in [0.5, 0.6) is 0 Å². The third kappa shape index (κ3) is 3.89. The Morgan fingerprint density at radius 2 is 1.61 bits per heavy atom. The molecule has 2 rings (SSSR count). The van der Waals surface area contributed by atoms with Gasteiger partial charge in [0.25, 0.3) is 0 Å². The molecule has 1 unspecified atom stereocenters. The normalized spacial score (nSPS) is 11.6. The van der Waals surface area contributed by atoms with E-state index in [-0.39, 0.29) is 0 Å². The molecule has 0 saturated carbocycles. The van der Waals surface area contributed by atoms with Crippen LogP contribution in [0.15, 0.2) is 30.1 Å². The summed E-state index contributed by atoms with van der Waals surface area (Å²) < 4.78 is 0. The van der Waals surface area contributed by atoms with Gasteiger partial charge >= 0.3 is 0 Å². The highest BCUT2D eigenvalue weighted by atomic mass is 31.0. The van der Waals surface area contributed by atoms with Crippen LogP contribution < -0.4 is 0 Å². The van der Waals surface area contributed by atoms with E-state index in [1.807, 2.05) is 0 Å². The highest BCUT2D eigenvalue weighted by Gasteiger charge is 2.01. The molecule has 0 fully saturated rings. The molecule has 0 spiro atoms. The second-order valence-electron chi connectivity index (χ2n) is 5.23. The van der Waals surface area contributed by atoms with Crippen LogP contribution in [0.4, 0.5) is 0 Å². The molecule has 98 valence electrons. The zero-order valence-corrected chi connectivity index (χ0v) is 12.5. The van der Waals surface area contributed by atoms with Gasteiger partial charge in [-0.1, -0.05) is 69.7 Å². The van der Waals surface area contributed by atoms with Crippen LogP contribution in [0.1, 0.15) is 57.2 Å². The number of hydrogen-bond donors (Lipinski definition) is 0. The summed E-state index contributed by atoms with van der Waals surface area (Å²) in [6, 6.07) is 8.87. The smallest absolute Gasteiger partial charge is 0.0112 e. The zero-order chi connectivity index (χ0) is 12.6. The molecule has 0 radical (unpaired) electrons. The largest absolute Gasteiger partial charge is 0.135 e. The van der Waals surface area contributed by atoms with E-state index in [1.165, 1.54) is 62.1 Å². The van der Waals surface area contributed by atoms with Gasteiger partial charge in [0.15, 0.2) is 0 Å². The van der Waals surface area contributed by atoms with Crippen molar-refractivity contribution in [3.8, 4) is 0 Å². The Hall–Kier alpha value is -0.740. The number of unbranched alkanes of at least 4 members (excludes halogenated alkanes) is 6. The van der Waals surface area contributed by atoms with Crippen LogP contribution >= 0.6 is 8.19 Å². The van der Waals surface area contributed by atoms with Gasteiger partial charge in [0.2, 0.25) is 0 Å². The van der Waals surface area contributed by atoms with E-state index in [0.717, 1.165) is 8.19 Å². The predicted molar refractivity (Wildman–Crippen MR) is 85.1 cm³/mol. The van der Waals surface area contributed by atoms with Crippen molar-refractivity contribution in [2.75, 3.05) is 0 Å². The first-order chi connectivity index (χ1) is 8.92. The zero-order valence-electron chi connectivity index (χ0n) is 11.5. The molecule has 0 nitrogen and oxygen atoms in total. The first-order valence-electron chi connectivity index (χ1n) is 7.47. The van der Waals surface area contributed by atoms with Crippen LogP contribution in [0.2, 0.25) is 0 Å². The molecule has 0 aliphatic heterocycles. The van der Waals surface area contributed by atoms with E-state index >= 15 is 0 Å².